The minimum absolute atomic E-state index is 1.06. The molecule has 0 amide bonds. The van der Waals surface area contributed by atoms with E-state index in [4.69, 9.17) is 0 Å². The molecule has 0 N–H and O–H groups in total. The molecule has 0 bridgehead atoms. The Morgan fingerprint density at radius 1 is 0.897 bits per heavy atom. The third-order valence-corrected chi connectivity index (χ3v) is 6.59. The molecule has 0 saturated carbocycles. The molecular formula is C27H35N2+. The van der Waals surface area contributed by atoms with E-state index in [2.05, 4.69) is 84.8 Å². The van der Waals surface area contributed by atoms with Crippen LogP contribution < -0.4 is 4.48 Å². The van der Waals surface area contributed by atoms with Gasteiger partial charge in [-0.1, -0.05) is 61.9 Å². The van der Waals surface area contributed by atoms with E-state index in [1.807, 2.05) is 0 Å². The van der Waals surface area contributed by atoms with Crippen molar-refractivity contribution in [3.05, 3.63) is 78.0 Å². The van der Waals surface area contributed by atoms with Crippen molar-refractivity contribution in [3.63, 3.8) is 0 Å². The van der Waals surface area contributed by atoms with Gasteiger partial charge >= 0.3 is 0 Å². The van der Waals surface area contributed by atoms with Crippen LogP contribution in [0.15, 0.2) is 66.9 Å². The van der Waals surface area contributed by atoms with Crippen molar-refractivity contribution in [2.75, 3.05) is 32.7 Å². The maximum atomic E-state index is 2.62. The molecule has 0 spiro atoms. The predicted octanol–water partition coefficient (Wildman–Crippen LogP) is 6.35. The predicted molar refractivity (Wildman–Crippen MR) is 127 cm³/mol. The lowest BCUT2D eigenvalue weighted by molar-refractivity contribution is 0.283. The number of para-hydroxylation sites is 1. The normalized spacial score (nSPS) is 21.2. The number of rotatable bonds is 9. The largest absolute Gasteiger partial charge is 0.299 e. The van der Waals surface area contributed by atoms with Crippen molar-refractivity contribution < 1.29 is 0 Å². The van der Waals surface area contributed by atoms with E-state index in [9.17, 15) is 0 Å². The number of benzene rings is 2. The Balaban J connectivity index is 1.29. The van der Waals surface area contributed by atoms with Crippen molar-refractivity contribution in [2.24, 2.45) is 0 Å². The molecule has 0 radical (unpaired) electrons. The van der Waals surface area contributed by atoms with Crippen molar-refractivity contribution in [3.8, 4) is 0 Å². The number of fused-ring (bicyclic) bond motifs is 1. The van der Waals surface area contributed by atoms with Crippen molar-refractivity contribution in [1.29, 1.82) is 0 Å². The number of nitrogens with zero attached hydrogens (tertiary/aromatic N) is 2. The first-order chi connectivity index (χ1) is 14.3. The summed E-state index contributed by atoms with van der Waals surface area (Å²) < 4.78 is 1.06. The number of hydrogen-bond acceptors (Lipinski definition) is 1. The summed E-state index contributed by atoms with van der Waals surface area (Å²) in [5.41, 5.74) is 5.84. The SMILES string of the molecule is CCCC[N+]1(CCCCN2CC=C(c3ccccc3)CC2)C=Cc2ccccc21. The Morgan fingerprint density at radius 3 is 2.48 bits per heavy atom. The number of unbranched alkanes of at least 4 members (excludes halogenated alkanes) is 2. The highest BCUT2D eigenvalue weighted by atomic mass is 15.4. The maximum Gasteiger partial charge on any atom is 0.144 e. The van der Waals surface area contributed by atoms with Gasteiger partial charge in [-0.3, -0.25) is 9.38 Å². The molecular weight excluding hydrogens is 352 g/mol. The first-order valence-corrected chi connectivity index (χ1v) is 11.4. The van der Waals surface area contributed by atoms with Crippen LogP contribution in [0.5, 0.6) is 0 Å². The quantitative estimate of drug-likeness (QED) is 0.358. The van der Waals surface area contributed by atoms with Gasteiger partial charge in [-0.15, -0.1) is 0 Å². The highest BCUT2D eigenvalue weighted by Crippen LogP contribution is 2.36. The topological polar surface area (TPSA) is 3.24 Å². The Bertz CT molecular complexity index is 852. The summed E-state index contributed by atoms with van der Waals surface area (Å²) in [6.45, 7) is 8.28. The maximum absolute atomic E-state index is 2.62. The lowest BCUT2D eigenvalue weighted by Gasteiger charge is -2.33. The zero-order valence-corrected chi connectivity index (χ0v) is 17.9. The molecule has 29 heavy (non-hydrogen) atoms. The summed E-state index contributed by atoms with van der Waals surface area (Å²) in [6.07, 6.45) is 13.5. The summed E-state index contributed by atoms with van der Waals surface area (Å²) >= 11 is 0. The third kappa shape index (κ3) is 4.71. The summed E-state index contributed by atoms with van der Waals surface area (Å²) in [7, 11) is 0. The Hall–Kier alpha value is -2.16. The van der Waals surface area contributed by atoms with Crippen LogP contribution in [-0.2, 0) is 0 Å². The lowest BCUT2D eigenvalue weighted by atomic mass is 9.99. The molecule has 1 unspecified atom stereocenters. The smallest absolute Gasteiger partial charge is 0.144 e. The van der Waals surface area contributed by atoms with Crippen LogP contribution in [0.4, 0.5) is 5.69 Å². The average molecular weight is 388 g/mol. The summed E-state index contributed by atoms with van der Waals surface area (Å²) in [5, 5.41) is 0. The highest BCUT2D eigenvalue weighted by Gasteiger charge is 2.33. The van der Waals surface area contributed by atoms with Gasteiger partial charge in [0.1, 0.15) is 11.9 Å². The Labute approximate surface area is 176 Å². The van der Waals surface area contributed by atoms with Crippen LogP contribution in [0, 0.1) is 0 Å². The zero-order valence-electron chi connectivity index (χ0n) is 17.9. The van der Waals surface area contributed by atoms with Gasteiger partial charge in [0.25, 0.3) is 0 Å². The average Bonchev–Trinajstić information content (AvgIpc) is 3.15. The summed E-state index contributed by atoms with van der Waals surface area (Å²) in [5.74, 6) is 0. The molecule has 2 heterocycles. The molecule has 2 aliphatic rings. The standard InChI is InChI=1S/C27H35N2/c1-2-3-21-29(23-17-26-13-7-8-14-27(26)29)22-10-9-18-28-19-15-25(16-20-28)24-11-5-4-6-12-24/h4-8,11-15,17,23H,2-3,9-10,16,18-22H2,1H3/q+1. The van der Waals surface area contributed by atoms with Crippen LogP contribution >= 0.6 is 0 Å². The van der Waals surface area contributed by atoms with Crippen LogP contribution in [0.25, 0.3) is 11.6 Å². The van der Waals surface area contributed by atoms with Gasteiger partial charge in [-0.2, -0.15) is 0 Å². The molecule has 4 rings (SSSR count). The van der Waals surface area contributed by atoms with Gasteiger partial charge in [-0.25, -0.2) is 0 Å². The van der Waals surface area contributed by atoms with Gasteiger partial charge in [0.2, 0.25) is 0 Å². The minimum atomic E-state index is 1.06. The van der Waals surface area contributed by atoms with Gasteiger partial charge in [0.15, 0.2) is 0 Å². The van der Waals surface area contributed by atoms with E-state index in [1.54, 1.807) is 0 Å². The molecule has 2 heteroatoms. The molecule has 2 aliphatic heterocycles. The molecule has 0 fully saturated rings. The number of quaternary nitrogens is 1. The second-order valence-electron chi connectivity index (χ2n) is 8.56. The summed E-state index contributed by atoms with van der Waals surface area (Å²) in [4.78, 5) is 2.62. The van der Waals surface area contributed by atoms with Gasteiger partial charge < -0.3 is 0 Å². The molecule has 0 saturated heterocycles. The Kier molecular flexibility index (Phi) is 6.63. The molecule has 0 aliphatic carbocycles. The van der Waals surface area contributed by atoms with Crippen LogP contribution in [-0.4, -0.2) is 37.6 Å². The molecule has 152 valence electrons. The molecule has 2 aromatic carbocycles. The molecule has 2 aromatic rings. The van der Waals surface area contributed by atoms with E-state index in [0.717, 1.165) is 11.0 Å². The van der Waals surface area contributed by atoms with Gasteiger partial charge in [0.05, 0.1) is 13.1 Å². The zero-order chi connectivity index (χ0) is 19.9. The van der Waals surface area contributed by atoms with Gasteiger partial charge in [0, 0.05) is 30.8 Å². The van der Waals surface area contributed by atoms with Crippen LogP contribution in [0.3, 0.4) is 0 Å². The number of hydrogen-bond donors (Lipinski definition) is 0. The second kappa shape index (κ2) is 9.56. The molecule has 1 atom stereocenters. The van der Waals surface area contributed by atoms with Gasteiger partial charge in [-0.05, 0) is 49.4 Å². The highest BCUT2D eigenvalue weighted by molar-refractivity contribution is 5.73. The lowest BCUT2D eigenvalue weighted by Crippen LogP contribution is -2.44. The molecule has 2 nitrogen and oxygen atoms in total. The van der Waals surface area contributed by atoms with E-state index >= 15 is 0 Å². The van der Waals surface area contributed by atoms with E-state index in [1.165, 1.54) is 80.7 Å². The first kappa shape index (κ1) is 20.1. The second-order valence-corrected chi connectivity index (χ2v) is 8.56. The van der Waals surface area contributed by atoms with Crippen molar-refractivity contribution >= 4 is 17.3 Å². The van der Waals surface area contributed by atoms with E-state index in [0.29, 0.717) is 0 Å². The summed E-state index contributed by atoms with van der Waals surface area (Å²) in [6, 6.07) is 19.8. The fourth-order valence-electron chi connectivity index (χ4n) is 4.84. The van der Waals surface area contributed by atoms with E-state index < -0.39 is 0 Å². The monoisotopic (exact) mass is 387 g/mol. The molecule has 0 aromatic heterocycles. The third-order valence-electron chi connectivity index (χ3n) is 6.59. The fourth-order valence-corrected chi connectivity index (χ4v) is 4.84. The first-order valence-electron chi connectivity index (χ1n) is 11.4. The van der Waals surface area contributed by atoms with Crippen molar-refractivity contribution in [1.82, 2.24) is 9.38 Å². The van der Waals surface area contributed by atoms with Crippen LogP contribution in [0.1, 0.15) is 50.2 Å². The van der Waals surface area contributed by atoms with Crippen molar-refractivity contribution in [2.45, 2.75) is 39.0 Å². The fraction of sp³-hybridized carbons (Fsp3) is 0.407. The van der Waals surface area contributed by atoms with E-state index in [-0.39, 0.29) is 0 Å². The van der Waals surface area contributed by atoms with Crippen LogP contribution in [0.2, 0.25) is 0 Å². The minimum Gasteiger partial charge on any atom is -0.299 e. The Morgan fingerprint density at radius 2 is 1.69 bits per heavy atom.